The SMILES string of the molecule is NCc1ccc(C(=O)Nc2nonc2C(N)=Nc2ccc(F)c(Br)c2)cc1. The molecular formula is C17H14BrFN6O2. The van der Waals surface area contributed by atoms with E-state index in [4.69, 9.17) is 11.5 Å². The number of anilines is 1. The molecule has 5 N–H and O–H groups in total. The minimum Gasteiger partial charge on any atom is -0.382 e. The number of nitrogens with one attached hydrogen (secondary N) is 1. The van der Waals surface area contributed by atoms with E-state index < -0.39 is 11.7 Å². The molecule has 1 aromatic heterocycles. The lowest BCUT2D eigenvalue weighted by atomic mass is 10.1. The highest BCUT2D eigenvalue weighted by molar-refractivity contribution is 9.10. The number of hydrogen-bond donors (Lipinski definition) is 3. The molecule has 2 aromatic carbocycles. The van der Waals surface area contributed by atoms with Crippen molar-refractivity contribution in [1.82, 2.24) is 10.3 Å². The molecule has 8 nitrogen and oxygen atoms in total. The molecule has 0 aliphatic carbocycles. The van der Waals surface area contributed by atoms with Crippen LogP contribution in [0.4, 0.5) is 15.9 Å². The zero-order chi connectivity index (χ0) is 19.4. The van der Waals surface area contributed by atoms with Crippen LogP contribution in [-0.4, -0.2) is 22.1 Å². The summed E-state index contributed by atoms with van der Waals surface area (Å²) < 4.78 is 18.2. The second-order valence-electron chi connectivity index (χ2n) is 5.41. The van der Waals surface area contributed by atoms with Crippen LogP contribution in [-0.2, 0) is 6.54 Å². The van der Waals surface area contributed by atoms with Gasteiger partial charge >= 0.3 is 0 Å². The maximum absolute atomic E-state index is 13.3. The molecule has 1 heterocycles. The summed E-state index contributed by atoms with van der Waals surface area (Å²) in [5.41, 5.74) is 13.2. The third kappa shape index (κ3) is 4.36. The molecule has 0 aliphatic heterocycles. The molecule has 0 saturated heterocycles. The largest absolute Gasteiger partial charge is 0.382 e. The van der Waals surface area contributed by atoms with Crippen LogP contribution in [0.1, 0.15) is 21.6 Å². The van der Waals surface area contributed by atoms with Crippen LogP contribution in [0.2, 0.25) is 0 Å². The Balaban J connectivity index is 1.81. The van der Waals surface area contributed by atoms with Crippen molar-refractivity contribution in [3.63, 3.8) is 0 Å². The quantitative estimate of drug-likeness (QED) is 0.419. The van der Waals surface area contributed by atoms with Gasteiger partial charge in [-0.1, -0.05) is 12.1 Å². The molecule has 1 amide bonds. The van der Waals surface area contributed by atoms with Crippen LogP contribution >= 0.6 is 15.9 Å². The minimum atomic E-state index is -0.427. The van der Waals surface area contributed by atoms with Crippen molar-refractivity contribution in [3.05, 3.63) is 69.6 Å². The molecule has 0 saturated carbocycles. The van der Waals surface area contributed by atoms with Gasteiger partial charge in [0.05, 0.1) is 10.2 Å². The molecule has 3 rings (SSSR count). The van der Waals surface area contributed by atoms with Gasteiger partial charge in [0.1, 0.15) is 5.82 Å². The molecule has 0 radical (unpaired) electrons. The van der Waals surface area contributed by atoms with Crippen molar-refractivity contribution >= 4 is 39.2 Å². The summed E-state index contributed by atoms with van der Waals surface area (Å²) in [7, 11) is 0. The number of carbonyl (C=O) groups is 1. The van der Waals surface area contributed by atoms with E-state index in [1.807, 2.05) is 0 Å². The molecule has 3 aromatic rings. The Morgan fingerprint density at radius 1 is 1.22 bits per heavy atom. The first-order chi connectivity index (χ1) is 13.0. The second-order valence-corrected chi connectivity index (χ2v) is 6.27. The fourth-order valence-electron chi connectivity index (χ4n) is 2.16. The molecule has 0 spiro atoms. The van der Waals surface area contributed by atoms with Crippen LogP contribution in [0, 0.1) is 5.82 Å². The number of aromatic nitrogens is 2. The van der Waals surface area contributed by atoms with Crippen LogP contribution in [0.15, 0.2) is 56.6 Å². The highest BCUT2D eigenvalue weighted by atomic mass is 79.9. The van der Waals surface area contributed by atoms with Crippen LogP contribution in [0.3, 0.4) is 0 Å². The maximum atomic E-state index is 13.3. The van der Waals surface area contributed by atoms with Crippen LogP contribution in [0.25, 0.3) is 0 Å². The van der Waals surface area contributed by atoms with Crippen molar-refractivity contribution in [2.45, 2.75) is 6.54 Å². The number of carbonyl (C=O) groups excluding carboxylic acids is 1. The summed E-state index contributed by atoms with van der Waals surface area (Å²) in [5, 5.41) is 9.87. The van der Waals surface area contributed by atoms with Gasteiger partial charge in [-0.3, -0.25) is 4.79 Å². The molecule has 0 unspecified atom stereocenters. The average molecular weight is 433 g/mol. The van der Waals surface area contributed by atoms with Gasteiger partial charge in [0.25, 0.3) is 5.91 Å². The number of hydrogen-bond acceptors (Lipinski definition) is 6. The molecule has 0 aliphatic rings. The molecule has 138 valence electrons. The van der Waals surface area contributed by atoms with E-state index in [0.717, 1.165) is 5.56 Å². The topological polar surface area (TPSA) is 132 Å². The van der Waals surface area contributed by atoms with Gasteiger partial charge < -0.3 is 16.8 Å². The number of rotatable bonds is 5. The molecular weight excluding hydrogens is 419 g/mol. The predicted molar refractivity (Wildman–Crippen MR) is 101 cm³/mol. The van der Waals surface area contributed by atoms with Gasteiger partial charge in [-0.15, -0.1) is 0 Å². The fraction of sp³-hybridized carbons (Fsp3) is 0.0588. The first-order valence-corrected chi connectivity index (χ1v) is 8.49. The summed E-state index contributed by atoms with van der Waals surface area (Å²) in [5.74, 6) is -0.883. The second kappa shape index (κ2) is 8.06. The smallest absolute Gasteiger partial charge is 0.256 e. The summed E-state index contributed by atoms with van der Waals surface area (Å²) in [6.45, 7) is 0.381. The molecule has 0 atom stereocenters. The Bertz CT molecular complexity index is 1000. The molecule has 0 fully saturated rings. The first-order valence-electron chi connectivity index (χ1n) is 7.70. The lowest BCUT2D eigenvalue weighted by Crippen LogP contribution is -2.19. The van der Waals surface area contributed by atoms with Crippen molar-refractivity contribution in [2.75, 3.05) is 5.32 Å². The highest BCUT2D eigenvalue weighted by Gasteiger charge is 2.17. The van der Waals surface area contributed by atoms with Gasteiger partial charge in [0, 0.05) is 12.1 Å². The van der Waals surface area contributed by atoms with Gasteiger partial charge in [0.15, 0.2) is 11.5 Å². The van der Waals surface area contributed by atoms with E-state index >= 15 is 0 Å². The lowest BCUT2D eigenvalue weighted by molar-refractivity contribution is 0.102. The average Bonchev–Trinajstić information content (AvgIpc) is 3.13. The van der Waals surface area contributed by atoms with Gasteiger partial charge in [-0.05, 0) is 62.1 Å². The van der Waals surface area contributed by atoms with Crippen molar-refractivity contribution in [1.29, 1.82) is 0 Å². The number of benzene rings is 2. The van der Waals surface area contributed by atoms with E-state index in [9.17, 15) is 9.18 Å². The van der Waals surface area contributed by atoms with Crippen molar-refractivity contribution in [2.24, 2.45) is 16.5 Å². The zero-order valence-electron chi connectivity index (χ0n) is 13.8. The van der Waals surface area contributed by atoms with Crippen molar-refractivity contribution in [3.8, 4) is 0 Å². The summed E-state index contributed by atoms with van der Waals surface area (Å²) >= 11 is 3.07. The summed E-state index contributed by atoms with van der Waals surface area (Å²) in [6.07, 6.45) is 0. The Hall–Kier alpha value is -3.11. The van der Waals surface area contributed by atoms with Gasteiger partial charge in [-0.25, -0.2) is 14.0 Å². The lowest BCUT2D eigenvalue weighted by Gasteiger charge is -2.04. The van der Waals surface area contributed by atoms with E-state index in [2.05, 4.69) is 41.2 Å². The van der Waals surface area contributed by atoms with Crippen LogP contribution < -0.4 is 16.8 Å². The predicted octanol–water partition coefficient (Wildman–Crippen LogP) is 2.72. The Kier molecular flexibility index (Phi) is 5.57. The Morgan fingerprint density at radius 2 is 1.96 bits per heavy atom. The summed E-state index contributed by atoms with van der Waals surface area (Å²) in [4.78, 5) is 16.5. The summed E-state index contributed by atoms with van der Waals surface area (Å²) in [6, 6.07) is 10.9. The Morgan fingerprint density at radius 3 is 2.63 bits per heavy atom. The number of aliphatic imine (C=N–C) groups is 1. The number of nitrogens with two attached hydrogens (primary N) is 2. The van der Waals surface area contributed by atoms with Crippen LogP contribution in [0.5, 0.6) is 0 Å². The molecule has 27 heavy (non-hydrogen) atoms. The third-order valence-corrected chi connectivity index (χ3v) is 4.18. The van der Waals surface area contributed by atoms with Crippen molar-refractivity contribution < 1.29 is 13.8 Å². The van der Waals surface area contributed by atoms with E-state index in [1.165, 1.54) is 18.2 Å². The number of amides is 1. The van der Waals surface area contributed by atoms with Gasteiger partial charge in [-0.2, -0.15) is 0 Å². The molecule has 0 bridgehead atoms. The standard InChI is InChI=1S/C17H14BrFN6O2/c18-12-7-11(5-6-13(12)19)22-15(21)14-16(25-27-24-14)23-17(26)10-3-1-9(8-20)2-4-10/h1-7H,8,20H2,(H2,21,22)(H,23,25,26). The number of nitrogens with zero attached hydrogens (tertiary/aromatic N) is 3. The van der Waals surface area contributed by atoms with E-state index in [1.54, 1.807) is 24.3 Å². The van der Waals surface area contributed by atoms with E-state index in [-0.39, 0.29) is 21.8 Å². The zero-order valence-corrected chi connectivity index (χ0v) is 15.4. The number of halogens is 2. The Labute approximate surface area is 161 Å². The molecule has 10 heteroatoms. The maximum Gasteiger partial charge on any atom is 0.256 e. The first kappa shape index (κ1) is 18.7. The minimum absolute atomic E-state index is 0.0188. The van der Waals surface area contributed by atoms with Gasteiger partial charge in [0.2, 0.25) is 5.82 Å². The monoisotopic (exact) mass is 432 g/mol. The van der Waals surface area contributed by atoms with E-state index in [0.29, 0.717) is 17.8 Å². The highest BCUT2D eigenvalue weighted by Crippen LogP contribution is 2.23. The fourth-order valence-corrected chi connectivity index (χ4v) is 2.52. The third-order valence-electron chi connectivity index (χ3n) is 3.57. The normalized spacial score (nSPS) is 11.4. The number of amidine groups is 1.